The number of nitrogens with one attached hydrogen (secondary N) is 1. The van der Waals surface area contributed by atoms with Gasteiger partial charge in [-0.1, -0.05) is 36.7 Å². The Bertz CT molecular complexity index is 476. The van der Waals surface area contributed by atoms with Crippen molar-refractivity contribution in [2.75, 3.05) is 6.54 Å². The summed E-state index contributed by atoms with van der Waals surface area (Å²) >= 11 is 3.45. The molecule has 0 spiro atoms. The fourth-order valence-electron chi connectivity index (χ4n) is 3.44. The molecule has 5 unspecified atom stereocenters. The third-order valence-electron chi connectivity index (χ3n) is 4.34. The summed E-state index contributed by atoms with van der Waals surface area (Å²) in [4.78, 5) is 0.952. The normalized spacial score (nSPS) is 31.0. The van der Waals surface area contributed by atoms with Crippen LogP contribution in [0.25, 0.3) is 0 Å². The van der Waals surface area contributed by atoms with Crippen molar-refractivity contribution in [1.29, 1.82) is 0 Å². The van der Waals surface area contributed by atoms with E-state index in [-0.39, 0.29) is 5.25 Å². The topological polar surface area (TPSA) is 29.1 Å². The quantitative estimate of drug-likeness (QED) is 0.832. The third kappa shape index (κ3) is 4.40. The second-order valence-corrected chi connectivity index (χ2v) is 8.86. The summed E-state index contributed by atoms with van der Waals surface area (Å²) in [7, 11) is -0.940. The molecule has 1 N–H and O–H groups in total. The Balaban J connectivity index is 2.19. The van der Waals surface area contributed by atoms with Gasteiger partial charge in [0.05, 0.1) is 16.0 Å². The third-order valence-corrected chi connectivity index (χ3v) is 6.89. The Morgan fingerprint density at radius 1 is 1.24 bits per heavy atom. The molecule has 0 aromatic heterocycles. The molecule has 0 radical (unpaired) electrons. The average Bonchev–Trinajstić information content (AvgIpc) is 2.44. The molecule has 1 saturated carbocycles. The van der Waals surface area contributed by atoms with E-state index in [9.17, 15) is 4.21 Å². The summed E-state index contributed by atoms with van der Waals surface area (Å²) in [5.41, 5.74) is 0. The van der Waals surface area contributed by atoms with Crippen LogP contribution in [0.3, 0.4) is 0 Å². The molecule has 0 heterocycles. The minimum Gasteiger partial charge on any atom is -0.313 e. The standard InChI is InChI=1S/C17H26BrNOS/c1-4-9-19-16-11-12(2)10-13(3)17(16)21(20)15-7-5-14(18)6-8-15/h5-8,12-13,16-17,19H,4,9-11H2,1-3H3. The van der Waals surface area contributed by atoms with Gasteiger partial charge in [0.25, 0.3) is 0 Å². The maximum atomic E-state index is 13.1. The van der Waals surface area contributed by atoms with Crippen molar-refractivity contribution >= 4 is 26.7 Å². The summed E-state index contributed by atoms with van der Waals surface area (Å²) in [6.07, 6.45) is 3.44. The average molecular weight is 372 g/mol. The number of rotatable bonds is 5. The zero-order valence-electron chi connectivity index (χ0n) is 13.1. The molecule has 1 aromatic rings. The van der Waals surface area contributed by atoms with Crippen LogP contribution in [0.1, 0.15) is 40.0 Å². The van der Waals surface area contributed by atoms with Crippen molar-refractivity contribution in [3.8, 4) is 0 Å². The molecule has 0 aliphatic heterocycles. The van der Waals surface area contributed by atoms with E-state index in [0.29, 0.717) is 17.9 Å². The van der Waals surface area contributed by atoms with E-state index < -0.39 is 10.8 Å². The first-order chi connectivity index (χ1) is 10.0. The first-order valence-electron chi connectivity index (χ1n) is 7.92. The molecule has 21 heavy (non-hydrogen) atoms. The van der Waals surface area contributed by atoms with Crippen LogP contribution < -0.4 is 5.32 Å². The molecule has 4 heteroatoms. The lowest BCUT2D eigenvalue weighted by atomic mass is 9.80. The zero-order chi connectivity index (χ0) is 15.4. The van der Waals surface area contributed by atoms with Crippen LogP contribution in [0.2, 0.25) is 0 Å². The smallest absolute Gasteiger partial charge is 0.0579 e. The summed E-state index contributed by atoms with van der Waals surface area (Å²) in [6, 6.07) is 8.31. The van der Waals surface area contributed by atoms with Crippen LogP contribution in [-0.2, 0) is 10.8 Å². The Kier molecular flexibility index (Phi) is 6.45. The molecule has 2 rings (SSSR count). The van der Waals surface area contributed by atoms with Gasteiger partial charge in [-0.3, -0.25) is 4.21 Å². The molecule has 0 saturated heterocycles. The van der Waals surface area contributed by atoms with E-state index in [4.69, 9.17) is 0 Å². The van der Waals surface area contributed by atoms with Crippen molar-refractivity contribution in [3.05, 3.63) is 28.7 Å². The van der Waals surface area contributed by atoms with E-state index in [1.807, 2.05) is 24.3 Å². The largest absolute Gasteiger partial charge is 0.313 e. The van der Waals surface area contributed by atoms with Gasteiger partial charge in [-0.15, -0.1) is 0 Å². The number of halogens is 1. The molecule has 1 aliphatic rings. The van der Waals surface area contributed by atoms with Crippen LogP contribution in [0, 0.1) is 11.8 Å². The molecule has 118 valence electrons. The molecule has 2 nitrogen and oxygen atoms in total. The van der Waals surface area contributed by atoms with E-state index in [1.54, 1.807) is 0 Å². The number of hydrogen-bond donors (Lipinski definition) is 1. The molecule has 5 atom stereocenters. The van der Waals surface area contributed by atoms with Gasteiger partial charge in [0.15, 0.2) is 0 Å². The highest BCUT2D eigenvalue weighted by molar-refractivity contribution is 9.10. The van der Waals surface area contributed by atoms with Crippen molar-refractivity contribution in [2.24, 2.45) is 11.8 Å². The lowest BCUT2D eigenvalue weighted by molar-refractivity contribution is 0.246. The van der Waals surface area contributed by atoms with E-state index in [1.165, 1.54) is 6.42 Å². The Labute approximate surface area is 139 Å². The highest BCUT2D eigenvalue weighted by Gasteiger charge is 2.37. The van der Waals surface area contributed by atoms with Gasteiger partial charge in [0, 0.05) is 15.4 Å². The minimum absolute atomic E-state index is 0.217. The monoisotopic (exact) mass is 371 g/mol. The first-order valence-corrected chi connectivity index (χ1v) is 9.93. The molecule has 1 fully saturated rings. The second kappa shape index (κ2) is 7.89. The number of benzene rings is 1. The predicted molar refractivity (Wildman–Crippen MR) is 94.0 cm³/mol. The van der Waals surface area contributed by atoms with E-state index in [2.05, 4.69) is 42.0 Å². The summed E-state index contributed by atoms with van der Waals surface area (Å²) in [5, 5.41) is 3.86. The van der Waals surface area contributed by atoms with Crippen molar-refractivity contribution in [2.45, 2.75) is 56.2 Å². The lowest BCUT2D eigenvalue weighted by Crippen LogP contribution is -2.50. The highest BCUT2D eigenvalue weighted by atomic mass is 79.9. The van der Waals surface area contributed by atoms with Gasteiger partial charge in [-0.25, -0.2) is 0 Å². The highest BCUT2D eigenvalue weighted by Crippen LogP contribution is 2.34. The van der Waals surface area contributed by atoms with Crippen LogP contribution in [0.5, 0.6) is 0 Å². The SMILES string of the molecule is CCCNC1CC(C)CC(C)C1S(=O)c1ccc(Br)cc1. The maximum absolute atomic E-state index is 13.1. The lowest BCUT2D eigenvalue weighted by Gasteiger charge is -2.39. The molecule has 1 aromatic carbocycles. The number of hydrogen-bond acceptors (Lipinski definition) is 2. The molecule has 1 aliphatic carbocycles. The Morgan fingerprint density at radius 2 is 1.90 bits per heavy atom. The fourth-order valence-corrected chi connectivity index (χ4v) is 5.47. The summed E-state index contributed by atoms with van der Waals surface area (Å²) in [6.45, 7) is 7.77. The fraction of sp³-hybridized carbons (Fsp3) is 0.647. The summed E-state index contributed by atoms with van der Waals surface area (Å²) < 4.78 is 14.1. The van der Waals surface area contributed by atoms with Gasteiger partial charge in [0.1, 0.15) is 0 Å². The van der Waals surface area contributed by atoms with E-state index >= 15 is 0 Å². The van der Waals surface area contributed by atoms with Gasteiger partial charge < -0.3 is 5.32 Å². The Hall–Kier alpha value is -0.190. The second-order valence-electron chi connectivity index (χ2n) is 6.33. The van der Waals surface area contributed by atoms with Crippen molar-refractivity contribution < 1.29 is 4.21 Å². The zero-order valence-corrected chi connectivity index (χ0v) is 15.5. The van der Waals surface area contributed by atoms with Crippen molar-refractivity contribution in [1.82, 2.24) is 5.32 Å². The molecule has 0 amide bonds. The summed E-state index contributed by atoms with van der Waals surface area (Å²) in [5.74, 6) is 1.21. The minimum atomic E-state index is -0.940. The van der Waals surface area contributed by atoms with E-state index in [0.717, 1.165) is 28.8 Å². The molecular formula is C17H26BrNOS. The van der Waals surface area contributed by atoms with Gasteiger partial charge in [-0.05, 0) is 61.9 Å². The van der Waals surface area contributed by atoms with Gasteiger partial charge in [0.2, 0.25) is 0 Å². The van der Waals surface area contributed by atoms with Gasteiger partial charge in [-0.2, -0.15) is 0 Å². The van der Waals surface area contributed by atoms with Crippen LogP contribution in [0.4, 0.5) is 0 Å². The molecular weight excluding hydrogens is 346 g/mol. The van der Waals surface area contributed by atoms with Crippen LogP contribution >= 0.6 is 15.9 Å². The van der Waals surface area contributed by atoms with Gasteiger partial charge >= 0.3 is 0 Å². The maximum Gasteiger partial charge on any atom is 0.0579 e. The predicted octanol–water partition coefficient (Wildman–Crippen LogP) is 4.36. The first kappa shape index (κ1) is 17.2. The Morgan fingerprint density at radius 3 is 2.52 bits per heavy atom. The van der Waals surface area contributed by atoms with Crippen molar-refractivity contribution in [3.63, 3.8) is 0 Å². The van der Waals surface area contributed by atoms with Crippen LogP contribution in [-0.4, -0.2) is 22.0 Å². The molecule has 0 bridgehead atoms. The van der Waals surface area contributed by atoms with Crippen LogP contribution in [0.15, 0.2) is 33.6 Å².